The molecule has 1 aromatic carbocycles. The average molecular weight is 301 g/mol. The van der Waals surface area contributed by atoms with Gasteiger partial charge >= 0.3 is 5.97 Å². The molecule has 0 unspecified atom stereocenters. The first-order chi connectivity index (χ1) is 10.1. The van der Waals surface area contributed by atoms with E-state index in [-0.39, 0.29) is 6.42 Å². The van der Waals surface area contributed by atoms with Crippen molar-refractivity contribution >= 4 is 28.5 Å². The molecule has 0 radical (unpaired) electrons. The maximum atomic E-state index is 11.0. The van der Waals surface area contributed by atoms with Crippen molar-refractivity contribution in [2.45, 2.75) is 13.0 Å². The Labute approximate surface area is 126 Å². The van der Waals surface area contributed by atoms with E-state index in [2.05, 4.69) is 4.98 Å². The third-order valence-electron chi connectivity index (χ3n) is 3.35. The van der Waals surface area contributed by atoms with E-state index in [4.69, 9.17) is 16.7 Å². The van der Waals surface area contributed by atoms with Gasteiger partial charge in [0.05, 0.1) is 11.9 Å². The Balaban J connectivity index is 2.08. The van der Waals surface area contributed by atoms with Crippen LogP contribution in [0, 0.1) is 0 Å². The highest BCUT2D eigenvalue weighted by atomic mass is 35.5. The summed E-state index contributed by atoms with van der Waals surface area (Å²) < 4.78 is 2.01. The van der Waals surface area contributed by atoms with Gasteiger partial charge in [-0.1, -0.05) is 41.9 Å². The molecule has 0 saturated heterocycles. The van der Waals surface area contributed by atoms with Gasteiger partial charge < -0.3 is 9.67 Å². The number of hydrogen-bond acceptors (Lipinski definition) is 2. The second kappa shape index (κ2) is 5.58. The molecule has 0 saturated carbocycles. The highest BCUT2D eigenvalue weighted by Gasteiger charge is 2.12. The third kappa shape index (κ3) is 2.90. The van der Waals surface area contributed by atoms with Gasteiger partial charge in [-0.15, -0.1) is 0 Å². The molecule has 0 aliphatic heterocycles. The predicted molar refractivity (Wildman–Crippen MR) is 81.6 cm³/mol. The minimum absolute atomic E-state index is 0.0262. The molecule has 0 fully saturated rings. The summed E-state index contributed by atoms with van der Waals surface area (Å²) in [4.78, 5) is 15.0. The minimum Gasteiger partial charge on any atom is -0.481 e. The molecule has 3 aromatic rings. The minimum atomic E-state index is -0.858. The second-order valence-electron chi connectivity index (χ2n) is 4.86. The van der Waals surface area contributed by atoms with Crippen LogP contribution in [-0.4, -0.2) is 20.6 Å². The van der Waals surface area contributed by atoms with Crippen LogP contribution < -0.4 is 0 Å². The van der Waals surface area contributed by atoms with Gasteiger partial charge in [0.2, 0.25) is 0 Å². The fourth-order valence-electron chi connectivity index (χ4n) is 2.45. The van der Waals surface area contributed by atoms with Crippen LogP contribution in [0.2, 0.25) is 5.15 Å². The lowest BCUT2D eigenvalue weighted by atomic mass is 10.1. The summed E-state index contributed by atoms with van der Waals surface area (Å²) in [5, 5.41) is 10.3. The van der Waals surface area contributed by atoms with Crippen molar-refractivity contribution in [1.82, 2.24) is 9.55 Å². The molecule has 4 nitrogen and oxygen atoms in total. The molecule has 1 N–H and O–H groups in total. The normalized spacial score (nSPS) is 10.9. The van der Waals surface area contributed by atoms with E-state index in [0.29, 0.717) is 11.7 Å². The van der Waals surface area contributed by atoms with Crippen LogP contribution in [0.3, 0.4) is 0 Å². The maximum Gasteiger partial charge on any atom is 0.307 e. The Bertz CT molecular complexity index is 797. The first-order valence-electron chi connectivity index (χ1n) is 6.52. The van der Waals surface area contributed by atoms with Crippen LogP contribution in [0.1, 0.15) is 11.1 Å². The first-order valence-corrected chi connectivity index (χ1v) is 6.90. The van der Waals surface area contributed by atoms with E-state index in [9.17, 15) is 4.79 Å². The van der Waals surface area contributed by atoms with Gasteiger partial charge in [-0.05, 0) is 17.2 Å². The predicted octanol–water partition coefficient (Wildman–Crippen LogP) is 3.37. The molecule has 2 aromatic heterocycles. The lowest BCUT2D eigenvalue weighted by Crippen LogP contribution is -2.00. The van der Waals surface area contributed by atoms with Crippen LogP contribution >= 0.6 is 11.6 Å². The first kappa shape index (κ1) is 13.6. The number of aromatic nitrogens is 2. The zero-order valence-electron chi connectivity index (χ0n) is 11.2. The van der Waals surface area contributed by atoms with Gasteiger partial charge in [0.1, 0.15) is 5.15 Å². The van der Waals surface area contributed by atoms with E-state index in [1.807, 2.05) is 41.1 Å². The molecule has 0 aliphatic carbocycles. The van der Waals surface area contributed by atoms with E-state index in [1.54, 1.807) is 12.3 Å². The maximum absolute atomic E-state index is 11.0. The molecule has 2 heterocycles. The van der Waals surface area contributed by atoms with Crippen molar-refractivity contribution < 1.29 is 9.90 Å². The Morgan fingerprint density at radius 2 is 2.05 bits per heavy atom. The number of rotatable bonds is 4. The summed E-state index contributed by atoms with van der Waals surface area (Å²) in [6.07, 6.45) is 3.48. The number of benzene rings is 1. The zero-order valence-corrected chi connectivity index (χ0v) is 11.9. The van der Waals surface area contributed by atoms with Gasteiger partial charge in [0.15, 0.2) is 0 Å². The van der Waals surface area contributed by atoms with Crippen LogP contribution in [-0.2, 0) is 17.8 Å². The lowest BCUT2D eigenvalue weighted by molar-refractivity contribution is -0.136. The monoisotopic (exact) mass is 300 g/mol. The quantitative estimate of drug-likeness (QED) is 0.752. The highest BCUT2D eigenvalue weighted by Crippen LogP contribution is 2.24. The van der Waals surface area contributed by atoms with Crippen LogP contribution in [0.5, 0.6) is 0 Å². The van der Waals surface area contributed by atoms with E-state index in [1.165, 1.54) is 0 Å². The fourth-order valence-corrected chi connectivity index (χ4v) is 2.60. The van der Waals surface area contributed by atoms with Crippen molar-refractivity contribution in [2.75, 3.05) is 0 Å². The number of hydrogen-bond donors (Lipinski definition) is 1. The molecule has 5 heteroatoms. The largest absolute Gasteiger partial charge is 0.481 e. The molecular formula is C16H13ClN2O2. The lowest BCUT2D eigenvalue weighted by Gasteiger charge is -2.05. The van der Waals surface area contributed by atoms with E-state index >= 15 is 0 Å². The van der Waals surface area contributed by atoms with Crippen LogP contribution in [0.25, 0.3) is 10.9 Å². The number of halogens is 1. The van der Waals surface area contributed by atoms with Gasteiger partial charge in [-0.25, -0.2) is 4.98 Å². The summed E-state index contributed by atoms with van der Waals surface area (Å²) in [6.45, 7) is 0.664. The second-order valence-corrected chi connectivity index (χ2v) is 5.25. The van der Waals surface area contributed by atoms with Crippen molar-refractivity contribution in [3.8, 4) is 0 Å². The van der Waals surface area contributed by atoms with Gasteiger partial charge in [-0.3, -0.25) is 4.79 Å². The molecule has 0 amide bonds. The van der Waals surface area contributed by atoms with E-state index in [0.717, 1.165) is 22.0 Å². The van der Waals surface area contributed by atoms with Crippen molar-refractivity contribution in [2.24, 2.45) is 0 Å². The molecule has 0 atom stereocenters. The zero-order chi connectivity index (χ0) is 14.8. The number of carbonyl (C=O) groups is 1. The SMILES string of the molecule is O=C(O)Cc1cn(Cc2ccccc2)c2cc(Cl)ncc12. The Morgan fingerprint density at radius 3 is 2.76 bits per heavy atom. The molecule has 106 valence electrons. The van der Waals surface area contributed by atoms with Crippen molar-refractivity contribution in [1.29, 1.82) is 0 Å². The van der Waals surface area contributed by atoms with Gasteiger partial charge in [-0.2, -0.15) is 0 Å². The van der Waals surface area contributed by atoms with Gasteiger partial charge in [0.25, 0.3) is 0 Å². The third-order valence-corrected chi connectivity index (χ3v) is 3.56. The summed E-state index contributed by atoms with van der Waals surface area (Å²) in [7, 11) is 0. The molecule has 3 rings (SSSR count). The number of fused-ring (bicyclic) bond motifs is 1. The molecule has 0 bridgehead atoms. The smallest absolute Gasteiger partial charge is 0.307 e. The fraction of sp³-hybridized carbons (Fsp3) is 0.125. The Hall–Kier alpha value is -2.33. The molecule has 0 aliphatic rings. The number of carboxylic acid groups (broad SMARTS) is 1. The number of aliphatic carboxylic acids is 1. The summed E-state index contributed by atoms with van der Waals surface area (Å²) in [5.74, 6) is -0.858. The number of carboxylic acids is 1. The summed E-state index contributed by atoms with van der Waals surface area (Å²) in [5.41, 5.74) is 2.79. The highest BCUT2D eigenvalue weighted by molar-refractivity contribution is 6.30. The number of nitrogens with zero attached hydrogens (tertiary/aromatic N) is 2. The standard InChI is InChI=1S/C16H13ClN2O2/c17-15-7-14-13(8-18-15)12(6-16(20)21)10-19(14)9-11-4-2-1-3-5-11/h1-5,7-8,10H,6,9H2,(H,20,21). The number of pyridine rings is 1. The molecule has 21 heavy (non-hydrogen) atoms. The average Bonchev–Trinajstić information content (AvgIpc) is 2.76. The van der Waals surface area contributed by atoms with Crippen molar-refractivity contribution in [3.05, 3.63) is 65.1 Å². The topological polar surface area (TPSA) is 55.1 Å². The van der Waals surface area contributed by atoms with E-state index < -0.39 is 5.97 Å². The van der Waals surface area contributed by atoms with Crippen molar-refractivity contribution in [3.63, 3.8) is 0 Å². The summed E-state index contributed by atoms with van der Waals surface area (Å²) in [6, 6.07) is 11.8. The van der Waals surface area contributed by atoms with Gasteiger partial charge in [0, 0.05) is 24.3 Å². The Morgan fingerprint density at radius 1 is 1.29 bits per heavy atom. The molecule has 0 spiro atoms. The van der Waals surface area contributed by atoms with Crippen LogP contribution in [0.4, 0.5) is 0 Å². The van der Waals surface area contributed by atoms with Crippen LogP contribution in [0.15, 0.2) is 48.8 Å². The summed E-state index contributed by atoms with van der Waals surface area (Å²) >= 11 is 5.97. The Kier molecular flexibility index (Phi) is 3.62. The molecular weight excluding hydrogens is 288 g/mol.